The molecule has 4 rings (SSSR count). The van der Waals surface area contributed by atoms with Crippen LogP contribution in [0.25, 0.3) is 0 Å². The third-order valence-electron chi connectivity index (χ3n) is 7.23. The molecule has 0 saturated heterocycles. The van der Waals surface area contributed by atoms with Crippen LogP contribution in [0.5, 0.6) is 5.88 Å². The number of ether oxygens (including phenoxy) is 1. The lowest BCUT2D eigenvalue weighted by molar-refractivity contribution is -0.138. The molecule has 3 heterocycles. The van der Waals surface area contributed by atoms with E-state index in [1.807, 2.05) is 12.1 Å². The van der Waals surface area contributed by atoms with Gasteiger partial charge in [0, 0.05) is 24.5 Å². The zero-order chi connectivity index (χ0) is 21.6. The summed E-state index contributed by atoms with van der Waals surface area (Å²) in [5.74, 6) is 2.24. The SMILES string of the molecule is COc1ccc(C(CC(=O)O)C2CC(CCCCC3=NC4=C(CCCN4)CC3)C2)cn1. The van der Waals surface area contributed by atoms with Crippen molar-refractivity contribution >= 4 is 11.7 Å². The molecule has 0 spiro atoms. The van der Waals surface area contributed by atoms with Crippen LogP contribution in [0, 0.1) is 11.8 Å². The van der Waals surface area contributed by atoms with Crippen molar-refractivity contribution in [3.8, 4) is 5.88 Å². The first-order valence-electron chi connectivity index (χ1n) is 11.9. The minimum atomic E-state index is -0.733. The van der Waals surface area contributed by atoms with Gasteiger partial charge in [-0.15, -0.1) is 0 Å². The van der Waals surface area contributed by atoms with Gasteiger partial charge in [0.05, 0.1) is 13.5 Å². The summed E-state index contributed by atoms with van der Waals surface area (Å²) in [6.45, 7) is 1.06. The third kappa shape index (κ3) is 5.66. The Kier molecular flexibility index (Phi) is 7.25. The molecule has 0 amide bonds. The van der Waals surface area contributed by atoms with Crippen molar-refractivity contribution in [3.63, 3.8) is 0 Å². The number of pyridine rings is 1. The molecule has 6 nitrogen and oxygen atoms in total. The average molecular weight is 426 g/mol. The van der Waals surface area contributed by atoms with Crippen molar-refractivity contribution in [2.45, 2.75) is 76.5 Å². The fraction of sp³-hybridized carbons (Fsp3) is 0.640. The summed E-state index contributed by atoms with van der Waals surface area (Å²) < 4.78 is 5.13. The number of allylic oxidation sites excluding steroid dienone is 1. The van der Waals surface area contributed by atoms with Gasteiger partial charge in [0.25, 0.3) is 0 Å². The lowest BCUT2D eigenvalue weighted by Gasteiger charge is -2.40. The van der Waals surface area contributed by atoms with E-state index in [2.05, 4.69) is 10.3 Å². The second-order valence-corrected chi connectivity index (χ2v) is 9.34. The van der Waals surface area contributed by atoms with Gasteiger partial charge >= 0.3 is 5.97 Å². The third-order valence-corrected chi connectivity index (χ3v) is 7.23. The Morgan fingerprint density at radius 3 is 2.87 bits per heavy atom. The zero-order valence-electron chi connectivity index (χ0n) is 18.6. The molecule has 1 atom stereocenters. The van der Waals surface area contributed by atoms with Crippen LogP contribution in [0.15, 0.2) is 34.7 Å². The molecule has 6 heteroatoms. The summed E-state index contributed by atoms with van der Waals surface area (Å²) in [5.41, 5.74) is 3.92. The van der Waals surface area contributed by atoms with Crippen LogP contribution in [0.4, 0.5) is 0 Å². The predicted molar refractivity (Wildman–Crippen MR) is 121 cm³/mol. The smallest absolute Gasteiger partial charge is 0.303 e. The molecule has 0 radical (unpaired) electrons. The Labute approximate surface area is 185 Å². The highest BCUT2D eigenvalue weighted by molar-refractivity contribution is 5.86. The number of carboxylic acid groups (broad SMARTS) is 1. The van der Waals surface area contributed by atoms with Gasteiger partial charge in [-0.1, -0.05) is 18.9 Å². The second-order valence-electron chi connectivity index (χ2n) is 9.34. The minimum absolute atomic E-state index is 0.0502. The number of rotatable bonds is 10. The number of aliphatic imine (C=N–C) groups is 1. The minimum Gasteiger partial charge on any atom is -0.481 e. The first-order valence-corrected chi connectivity index (χ1v) is 11.9. The second kappa shape index (κ2) is 10.3. The van der Waals surface area contributed by atoms with Crippen LogP contribution in [0.2, 0.25) is 0 Å². The molecule has 1 aromatic rings. The van der Waals surface area contributed by atoms with E-state index in [9.17, 15) is 9.90 Å². The van der Waals surface area contributed by atoms with Gasteiger partial charge in [-0.25, -0.2) is 9.98 Å². The molecule has 2 N–H and O–H groups in total. The van der Waals surface area contributed by atoms with E-state index >= 15 is 0 Å². The molecule has 2 aliphatic heterocycles. The normalized spacial score (nSPS) is 23.8. The Morgan fingerprint density at radius 1 is 1.26 bits per heavy atom. The highest BCUT2D eigenvalue weighted by atomic mass is 16.5. The number of aliphatic carboxylic acids is 1. The van der Waals surface area contributed by atoms with Crippen molar-refractivity contribution in [2.24, 2.45) is 16.8 Å². The quantitative estimate of drug-likeness (QED) is 0.512. The van der Waals surface area contributed by atoms with Crippen LogP contribution < -0.4 is 10.1 Å². The number of methoxy groups -OCH3 is 1. The predicted octanol–water partition coefficient (Wildman–Crippen LogP) is 5.06. The van der Waals surface area contributed by atoms with Gasteiger partial charge < -0.3 is 15.2 Å². The van der Waals surface area contributed by atoms with Gasteiger partial charge in [-0.3, -0.25) is 4.79 Å². The largest absolute Gasteiger partial charge is 0.481 e. The summed E-state index contributed by atoms with van der Waals surface area (Å²) >= 11 is 0. The van der Waals surface area contributed by atoms with Crippen molar-refractivity contribution in [1.82, 2.24) is 10.3 Å². The van der Waals surface area contributed by atoms with E-state index in [0.29, 0.717) is 11.8 Å². The lowest BCUT2D eigenvalue weighted by Crippen LogP contribution is -2.30. The molecule has 168 valence electrons. The maximum Gasteiger partial charge on any atom is 0.303 e. The van der Waals surface area contributed by atoms with Gasteiger partial charge in [0.2, 0.25) is 5.88 Å². The number of unbranched alkanes of at least 4 members (excludes halogenated alkanes) is 1. The first-order chi connectivity index (χ1) is 15.1. The van der Waals surface area contributed by atoms with Crippen LogP contribution in [0.1, 0.15) is 82.1 Å². The molecule has 1 aromatic heterocycles. The summed E-state index contributed by atoms with van der Waals surface area (Å²) in [6, 6.07) is 3.80. The molecular formula is C25H35N3O3. The number of carboxylic acids is 1. The molecule has 0 bridgehead atoms. The van der Waals surface area contributed by atoms with Crippen LogP contribution in [-0.4, -0.2) is 35.4 Å². The number of aromatic nitrogens is 1. The standard InChI is InChI=1S/C25H35N3O3/c1-31-23-11-9-19(16-27-23)22(15-24(29)30)20-13-17(14-20)5-2-3-7-21-10-8-18-6-4-12-26-25(18)28-21/h9,11,16-17,20,22,26H,2-8,10,12-15H2,1H3,(H,29,30). The van der Waals surface area contributed by atoms with Crippen molar-refractivity contribution < 1.29 is 14.6 Å². The van der Waals surface area contributed by atoms with Crippen molar-refractivity contribution in [3.05, 3.63) is 35.3 Å². The van der Waals surface area contributed by atoms with Gasteiger partial charge in [0.1, 0.15) is 5.82 Å². The maximum absolute atomic E-state index is 11.4. The fourth-order valence-electron chi connectivity index (χ4n) is 5.39. The Balaban J connectivity index is 1.20. The zero-order valence-corrected chi connectivity index (χ0v) is 18.6. The molecular weight excluding hydrogens is 390 g/mol. The van der Waals surface area contributed by atoms with E-state index in [4.69, 9.17) is 9.73 Å². The summed E-state index contributed by atoms with van der Waals surface area (Å²) in [6.07, 6.45) is 13.8. The topological polar surface area (TPSA) is 83.8 Å². The Bertz CT molecular complexity index is 825. The molecule has 3 aliphatic rings. The number of nitrogens with one attached hydrogen (secondary N) is 1. The summed E-state index contributed by atoms with van der Waals surface area (Å²) in [5, 5.41) is 12.9. The van der Waals surface area contributed by atoms with Gasteiger partial charge in [-0.2, -0.15) is 0 Å². The van der Waals surface area contributed by atoms with E-state index in [0.717, 1.165) is 43.7 Å². The monoisotopic (exact) mass is 425 g/mol. The Hall–Kier alpha value is -2.37. The van der Waals surface area contributed by atoms with Gasteiger partial charge in [0.15, 0.2) is 0 Å². The van der Waals surface area contributed by atoms with Crippen molar-refractivity contribution in [2.75, 3.05) is 13.7 Å². The Morgan fingerprint density at radius 2 is 2.13 bits per heavy atom. The van der Waals surface area contributed by atoms with Crippen LogP contribution in [0.3, 0.4) is 0 Å². The van der Waals surface area contributed by atoms with E-state index in [-0.39, 0.29) is 12.3 Å². The number of hydrogen-bond acceptors (Lipinski definition) is 5. The lowest BCUT2D eigenvalue weighted by atomic mass is 9.64. The summed E-state index contributed by atoms with van der Waals surface area (Å²) in [7, 11) is 1.59. The molecule has 0 aromatic carbocycles. The number of hydrogen-bond donors (Lipinski definition) is 2. The fourth-order valence-corrected chi connectivity index (χ4v) is 5.39. The van der Waals surface area contributed by atoms with Crippen molar-refractivity contribution in [1.29, 1.82) is 0 Å². The first kappa shape index (κ1) is 21.8. The molecule has 1 unspecified atom stereocenters. The van der Waals surface area contributed by atoms with E-state index in [1.165, 1.54) is 55.6 Å². The summed E-state index contributed by atoms with van der Waals surface area (Å²) in [4.78, 5) is 20.6. The van der Waals surface area contributed by atoms with Crippen LogP contribution in [-0.2, 0) is 4.79 Å². The van der Waals surface area contributed by atoms with E-state index in [1.54, 1.807) is 13.3 Å². The number of nitrogens with zero attached hydrogens (tertiary/aromatic N) is 2. The van der Waals surface area contributed by atoms with Crippen LogP contribution >= 0.6 is 0 Å². The van der Waals surface area contributed by atoms with E-state index < -0.39 is 5.97 Å². The molecule has 31 heavy (non-hydrogen) atoms. The number of carbonyl (C=O) groups is 1. The van der Waals surface area contributed by atoms with Gasteiger partial charge in [-0.05, 0) is 80.3 Å². The molecule has 1 saturated carbocycles. The molecule has 1 fully saturated rings. The highest BCUT2D eigenvalue weighted by Crippen LogP contribution is 2.47. The maximum atomic E-state index is 11.4. The highest BCUT2D eigenvalue weighted by Gasteiger charge is 2.36. The molecule has 1 aliphatic carbocycles. The average Bonchev–Trinajstić information content (AvgIpc) is 2.76.